The molecule has 1 aliphatic heterocycles. The molecule has 2 aliphatic rings. The molecule has 28 heavy (non-hydrogen) atoms. The van der Waals surface area contributed by atoms with Gasteiger partial charge in [-0.2, -0.15) is 0 Å². The number of carbonyl (C=O) groups is 1. The highest BCUT2D eigenvalue weighted by Crippen LogP contribution is 2.42. The topological polar surface area (TPSA) is 90.6 Å². The van der Waals surface area contributed by atoms with E-state index in [0.29, 0.717) is 16.7 Å². The van der Waals surface area contributed by atoms with Crippen LogP contribution >= 0.6 is 0 Å². The van der Waals surface area contributed by atoms with E-state index in [9.17, 15) is 23.5 Å². The maximum Gasteiger partial charge on any atom is 0.335 e. The molecular formula is C21H11F2O5-. The molecule has 1 N–H and O–H groups in total. The standard InChI is InChI=1S/C21H12F2O5/c1-9-4-10(21(26)27)2-3-11(9)20-12-5-14(22)16(24)7-18(12)28-19-8-17(25)15(23)6-13(19)20/h2-8,24H,1H3,(H,26,27)/p-1. The van der Waals surface area contributed by atoms with Crippen molar-refractivity contribution >= 4 is 16.9 Å². The molecule has 0 saturated heterocycles. The average molecular weight is 381 g/mol. The summed E-state index contributed by atoms with van der Waals surface area (Å²) in [6.45, 7) is 1.65. The lowest BCUT2D eigenvalue weighted by molar-refractivity contribution is -0.272. The number of aryl methyl sites for hydroxylation is 1. The van der Waals surface area contributed by atoms with Gasteiger partial charge in [0.1, 0.15) is 17.2 Å². The normalized spacial score (nSPS) is 11.2. The summed E-state index contributed by atoms with van der Waals surface area (Å²) in [5.74, 6) is -3.99. The third-order valence-electron chi connectivity index (χ3n) is 4.57. The van der Waals surface area contributed by atoms with Crippen LogP contribution in [0.5, 0.6) is 5.75 Å². The van der Waals surface area contributed by atoms with E-state index in [1.807, 2.05) is 0 Å². The second kappa shape index (κ2) is 6.16. The third-order valence-corrected chi connectivity index (χ3v) is 4.57. The van der Waals surface area contributed by atoms with Gasteiger partial charge in [0.05, 0.1) is 5.56 Å². The van der Waals surface area contributed by atoms with Crippen LogP contribution in [0, 0.1) is 18.6 Å². The largest absolute Gasteiger partial charge is 0.870 e. The minimum atomic E-state index is -1.11. The summed E-state index contributed by atoms with van der Waals surface area (Å²) in [7, 11) is 0. The van der Waals surface area contributed by atoms with Crippen molar-refractivity contribution in [2.24, 2.45) is 0 Å². The van der Waals surface area contributed by atoms with Crippen molar-refractivity contribution in [2.75, 3.05) is 0 Å². The lowest BCUT2D eigenvalue weighted by Crippen LogP contribution is -2.07. The Morgan fingerprint density at radius 3 is 2.46 bits per heavy atom. The van der Waals surface area contributed by atoms with E-state index in [1.165, 1.54) is 18.2 Å². The lowest BCUT2D eigenvalue weighted by atomic mass is 9.90. The Hall–Kier alpha value is -3.74. The van der Waals surface area contributed by atoms with Crippen LogP contribution in [0.3, 0.4) is 0 Å². The number of fused-ring (bicyclic) bond motifs is 2. The van der Waals surface area contributed by atoms with Gasteiger partial charge < -0.3 is 14.6 Å². The molecule has 0 fully saturated rings. The van der Waals surface area contributed by atoms with Crippen LogP contribution in [0.15, 0.2) is 51.7 Å². The maximum absolute atomic E-state index is 14.0. The fourth-order valence-electron chi connectivity index (χ4n) is 3.26. The molecular weight excluding hydrogens is 370 g/mol. The smallest absolute Gasteiger partial charge is 0.335 e. The Morgan fingerprint density at radius 2 is 1.79 bits per heavy atom. The molecule has 1 heterocycles. The van der Waals surface area contributed by atoms with Gasteiger partial charge in [-0.1, -0.05) is 11.8 Å². The molecule has 5 nitrogen and oxygen atoms in total. The Morgan fingerprint density at radius 1 is 1.04 bits per heavy atom. The Kier molecular flexibility index (Phi) is 3.88. The SMILES string of the molecule is Cc1cc(C(=O)O)ccc1-c1c2cc(F)c(=O)cc-2oc2cc([O-])c(F)cc12. The molecule has 0 saturated carbocycles. The number of carboxylic acids is 1. The van der Waals surface area contributed by atoms with E-state index in [4.69, 9.17) is 9.52 Å². The Labute approximate surface area is 156 Å². The second-order valence-corrected chi connectivity index (χ2v) is 6.37. The van der Waals surface area contributed by atoms with Gasteiger partial charge in [-0.25, -0.2) is 13.6 Å². The summed E-state index contributed by atoms with van der Waals surface area (Å²) >= 11 is 0. The zero-order valence-corrected chi connectivity index (χ0v) is 14.4. The number of carboxylic acid groups (broad SMARTS) is 1. The van der Waals surface area contributed by atoms with Crippen LogP contribution in [0.25, 0.3) is 33.4 Å². The summed E-state index contributed by atoms with van der Waals surface area (Å²) in [5.41, 5.74) is 0.762. The molecule has 2 aromatic rings. The molecule has 4 rings (SSSR count). The van der Waals surface area contributed by atoms with Crippen molar-refractivity contribution in [2.45, 2.75) is 6.92 Å². The molecule has 0 unspecified atom stereocenters. The summed E-state index contributed by atoms with van der Waals surface area (Å²) < 4.78 is 33.6. The van der Waals surface area contributed by atoms with Gasteiger partial charge in [-0.3, -0.25) is 4.79 Å². The number of aromatic carboxylic acids is 1. The van der Waals surface area contributed by atoms with Gasteiger partial charge in [-0.15, -0.1) is 0 Å². The van der Waals surface area contributed by atoms with E-state index >= 15 is 0 Å². The molecule has 0 aromatic heterocycles. The van der Waals surface area contributed by atoms with E-state index in [-0.39, 0.29) is 27.9 Å². The van der Waals surface area contributed by atoms with Crippen molar-refractivity contribution in [3.8, 4) is 28.2 Å². The maximum atomic E-state index is 14.0. The molecule has 0 spiro atoms. The zero-order chi connectivity index (χ0) is 20.2. The number of halogens is 2. The Balaban J connectivity index is 2.19. The van der Waals surface area contributed by atoms with Gasteiger partial charge in [0.25, 0.3) is 0 Å². The van der Waals surface area contributed by atoms with Gasteiger partial charge in [0.15, 0.2) is 5.82 Å². The van der Waals surface area contributed by atoms with Crippen LogP contribution in [0.2, 0.25) is 0 Å². The van der Waals surface area contributed by atoms with Crippen molar-refractivity contribution in [3.63, 3.8) is 0 Å². The van der Waals surface area contributed by atoms with E-state index in [0.717, 1.165) is 24.3 Å². The first-order valence-corrected chi connectivity index (χ1v) is 8.17. The molecule has 2 aromatic carbocycles. The van der Waals surface area contributed by atoms with Crippen molar-refractivity contribution in [1.82, 2.24) is 0 Å². The molecule has 1 aliphatic carbocycles. The van der Waals surface area contributed by atoms with Crippen molar-refractivity contribution in [3.05, 3.63) is 75.4 Å². The molecule has 0 atom stereocenters. The predicted octanol–water partition coefficient (Wildman–Crippen LogP) is 3.92. The number of rotatable bonds is 2. The minimum Gasteiger partial charge on any atom is -0.870 e. The van der Waals surface area contributed by atoms with Gasteiger partial charge >= 0.3 is 5.97 Å². The summed E-state index contributed by atoms with van der Waals surface area (Å²) in [6, 6.07) is 8.20. The number of hydrogen-bond donors (Lipinski definition) is 1. The zero-order valence-electron chi connectivity index (χ0n) is 14.4. The van der Waals surface area contributed by atoms with Crippen LogP contribution in [0.1, 0.15) is 15.9 Å². The first kappa shape index (κ1) is 17.7. The highest BCUT2D eigenvalue weighted by molar-refractivity contribution is 6.03. The van der Waals surface area contributed by atoms with Crippen molar-refractivity contribution < 1.29 is 28.2 Å². The highest BCUT2D eigenvalue weighted by atomic mass is 19.1. The average Bonchev–Trinajstić information content (AvgIpc) is 2.63. The quantitative estimate of drug-likeness (QED) is 0.532. The monoisotopic (exact) mass is 381 g/mol. The van der Waals surface area contributed by atoms with Crippen LogP contribution < -0.4 is 10.5 Å². The first-order valence-electron chi connectivity index (χ1n) is 8.17. The first-order chi connectivity index (χ1) is 13.3. The van der Waals surface area contributed by atoms with Crippen LogP contribution in [-0.2, 0) is 0 Å². The minimum absolute atomic E-state index is 0.0293. The van der Waals surface area contributed by atoms with Crippen LogP contribution in [0.4, 0.5) is 8.78 Å². The molecule has 7 heteroatoms. The summed E-state index contributed by atoms with van der Waals surface area (Å²) in [4.78, 5) is 22.9. The summed E-state index contributed by atoms with van der Waals surface area (Å²) in [5, 5.41) is 21.1. The van der Waals surface area contributed by atoms with Crippen LogP contribution in [-0.4, -0.2) is 11.1 Å². The fourth-order valence-corrected chi connectivity index (χ4v) is 3.26. The third kappa shape index (κ3) is 2.68. The van der Waals surface area contributed by atoms with Gasteiger partial charge in [0, 0.05) is 22.6 Å². The Bertz CT molecular complexity index is 1310. The van der Waals surface area contributed by atoms with Crippen molar-refractivity contribution in [1.29, 1.82) is 0 Å². The van der Waals surface area contributed by atoms with E-state index in [2.05, 4.69) is 0 Å². The van der Waals surface area contributed by atoms with E-state index < -0.39 is 28.8 Å². The lowest BCUT2D eigenvalue weighted by Gasteiger charge is -2.18. The molecule has 0 radical (unpaired) electrons. The number of hydrogen-bond acceptors (Lipinski definition) is 4. The summed E-state index contributed by atoms with van der Waals surface area (Å²) in [6.07, 6.45) is 0. The molecule has 140 valence electrons. The second-order valence-electron chi connectivity index (χ2n) is 6.37. The fraction of sp³-hybridized carbons (Fsp3) is 0.0476. The predicted molar refractivity (Wildman–Crippen MR) is 95.6 cm³/mol. The van der Waals surface area contributed by atoms with E-state index in [1.54, 1.807) is 6.92 Å². The molecule has 0 amide bonds. The van der Waals surface area contributed by atoms with Gasteiger partial charge in [0.2, 0.25) is 5.43 Å². The van der Waals surface area contributed by atoms with Gasteiger partial charge in [-0.05, 0) is 48.4 Å². The molecule has 0 bridgehead atoms. The number of benzene rings is 3. The highest BCUT2D eigenvalue weighted by Gasteiger charge is 2.21.